The van der Waals surface area contributed by atoms with Crippen molar-refractivity contribution in [2.45, 2.75) is 20.0 Å². The third kappa shape index (κ3) is 3.34. The van der Waals surface area contributed by atoms with Gasteiger partial charge in [0.05, 0.1) is 24.8 Å². The topological polar surface area (TPSA) is 65.1 Å². The largest absolute Gasteiger partial charge is 0.493 e. The summed E-state index contributed by atoms with van der Waals surface area (Å²) in [7, 11) is 1.56. The summed E-state index contributed by atoms with van der Waals surface area (Å²) in [6.07, 6.45) is 0.897. The molecule has 0 bridgehead atoms. The van der Waals surface area contributed by atoms with Crippen molar-refractivity contribution >= 4 is 11.8 Å². The Morgan fingerprint density at radius 2 is 1.64 bits per heavy atom. The van der Waals surface area contributed by atoms with E-state index in [4.69, 9.17) is 14.3 Å². The van der Waals surface area contributed by atoms with Gasteiger partial charge >= 0.3 is 0 Å². The van der Waals surface area contributed by atoms with Gasteiger partial charge in [0.1, 0.15) is 6.61 Å². The first-order valence-electron chi connectivity index (χ1n) is 8.06. The maximum Gasteiger partial charge on any atom is 0.285 e. The molecule has 3 rings (SSSR count). The standard InChI is InChI=1S/C19H19NO5/c1-3-10-24-16-9-8-13(11-17(16)23-2)12-25-20-18(21)14-6-4-5-7-15(14)19(20)22/h4-9,11H,3,10,12H2,1-2H3. The number of methoxy groups -OCH3 is 1. The van der Waals surface area contributed by atoms with Crippen LogP contribution >= 0.6 is 0 Å². The number of amides is 2. The number of hydrogen-bond donors (Lipinski definition) is 0. The lowest BCUT2D eigenvalue weighted by atomic mass is 10.1. The summed E-state index contributed by atoms with van der Waals surface area (Å²) in [6, 6.07) is 12.0. The predicted molar refractivity (Wildman–Crippen MR) is 90.5 cm³/mol. The van der Waals surface area contributed by atoms with E-state index in [-0.39, 0.29) is 6.61 Å². The van der Waals surface area contributed by atoms with Crippen molar-refractivity contribution in [2.24, 2.45) is 0 Å². The van der Waals surface area contributed by atoms with E-state index in [1.165, 1.54) is 0 Å². The summed E-state index contributed by atoms with van der Waals surface area (Å²) in [5.41, 5.74) is 1.47. The fourth-order valence-electron chi connectivity index (χ4n) is 2.56. The van der Waals surface area contributed by atoms with Gasteiger partial charge in [-0.05, 0) is 36.2 Å². The molecule has 6 heteroatoms. The van der Waals surface area contributed by atoms with E-state index in [0.29, 0.717) is 29.2 Å². The molecule has 6 nitrogen and oxygen atoms in total. The molecule has 1 aliphatic heterocycles. The molecule has 2 aromatic rings. The summed E-state index contributed by atoms with van der Waals surface area (Å²) in [4.78, 5) is 30.0. The van der Waals surface area contributed by atoms with Crippen LogP contribution in [0.4, 0.5) is 0 Å². The molecule has 25 heavy (non-hydrogen) atoms. The molecule has 1 heterocycles. The highest BCUT2D eigenvalue weighted by Gasteiger charge is 2.36. The Bertz CT molecular complexity index is 767. The van der Waals surface area contributed by atoms with Crippen molar-refractivity contribution < 1.29 is 23.9 Å². The minimum atomic E-state index is -0.449. The summed E-state index contributed by atoms with van der Waals surface area (Å²) >= 11 is 0. The van der Waals surface area contributed by atoms with Crippen molar-refractivity contribution in [3.8, 4) is 11.5 Å². The molecule has 0 spiro atoms. The van der Waals surface area contributed by atoms with Gasteiger partial charge in [-0.15, -0.1) is 5.06 Å². The summed E-state index contributed by atoms with van der Waals surface area (Å²) in [5, 5.41) is 0.804. The second-order valence-corrected chi connectivity index (χ2v) is 5.56. The smallest absolute Gasteiger partial charge is 0.285 e. The van der Waals surface area contributed by atoms with Crippen LogP contribution in [0.25, 0.3) is 0 Å². The number of carbonyl (C=O) groups is 2. The summed E-state index contributed by atoms with van der Waals surface area (Å²) < 4.78 is 10.9. The average molecular weight is 341 g/mol. The van der Waals surface area contributed by atoms with Gasteiger partial charge in [-0.1, -0.05) is 25.1 Å². The van der Waals surface area contributed by atoms with Crippen molar-refractivity contribution in [1.82, 2.24) is 5.06 Å². The molecule has 0 radical (unpaired) electrons. The van der Waals surface area contributed by atoms with Crippen molar-refractivity contribution in [2.75, 3.05) is 13.7 Å². The van der Waals surface area contributed by atoms with Crippen LogP contribution in [0.2, 0.25) is 0 Å². The van der Waals surface area contributed by atoms with E-state index < -0.39 is 11.8 Å². The molecule has 130 valence electrons. The first-order chi connectivity index (χ1) is 12.2. The molecular formula is C19H19NO5. The zero-order valence-electron chi connectivity index (χ0n) is 14.2. The number of carbonyl (C=O) groups excluding carboxylic acids is 2. The van der Waals surface area contributed by atoms with Crippen LogP contribution in [0.15, 0.2) is 42.5 Å². The molecule has 0 saturated heterocycles. The molecular weight excluding hydrogens is 322 g/mol. The Kier molecular flexibility index (Phi) is 5.00. The van der Waals surface area contributed by atoms with Gasteiger partial charge in [-0.25, -0.2) is 0 Å². The zero-order valence-corrected chi connectivity index (χ0v) is 14.2. The van der Waals surface area contributed by atoms with E-state index in [0.717, 1.165) is 17.0 Å². The van der Waals surface area contributed by atoms with Crippen molar-refractivity contribution in [1.29, 1.82) is 0 Å². The van der Waals surface area contributed by atoms with Crippen LogP contribution in [0.5, 0.6) is 11.5 Å². The first-order valence-corrected chi connectivity index (χ1v) is 8.06. The van der Waals surface area contributed by atoms with Crippen LogP contribution < -0.4 is 9.47 Å². The number of imide groups is 1. The van der Waals surface area contributed by atoms with Crippen molar-refractivity contribution in [3.63, 3.8) is 0 Å². The number of nitrogens with zero attached hydrogens (tertiary/aromatic N) is 1. The highest BCUT2D eigenvalue weighted by atomic mass is 16.7. The van der Waals surface area contributed by atoms with Gasteiger partial charge in [-0.2, -0.15) is 0 Å². The van der Waals surface area contributed by atoms with E-state index in [9.17, 15) is 9.59 Å². The highest BCUT2D eigenvalue weighted by Crippen LogP contribution is 2.29. The maximum atomic E-state index is 12.3. The van der Waals surface area contributed by atoms with E-state index in [1.807, 2.05) is 13.0 Å². The molecule has 1 aliphatic rings. The van der Waals surface area contributed by atoms with E-state index in [1.54, 1.807) is 43.5 Å². The van der Waals surface area contributed by atoms with Crippen molar-refractivity contribution in [3.05, 3.63) is 59.2 Å². The van der Waals surface area contributed by atoms with E-state index in [2.05, 4.69) is 0 Å². The van der Waals surface area contributed by atoms with E-state index >= 15 is 0 Å². The third-order valence-corrected chi connectivity index (χ3v) is 3.81. The zero-order chi connectivity index (χ0) is 17.8. The fraction of sp³-hybridized carbons (Fsp3) is 0.263. The molecule has 0 atom stereocenters. The van der Waals surface area contributed by atoms with Gasteiger partial charge in [-0.3, -0.25) is 14.4 Å². The summed E-state index contributed by atoms with van der Waals surface area (Å²) in [5.74, 6) is 0.330. The predicted octanol–water partition coefficient (Wildman–Crippen LogP) is 3.21. The number of benzene rings is 2. The quantitative estimate of drug-likeness (QED) is 0.724. The number of fused-ring (bicyclic) bond motifs is 1. The van der Waals surface area contributed by atoms with Crippen LogP contribution in [0, 0.1) is 0 Å². The lowest BCUT2D eigenvalue weighted by molar-refractivity contribution is -0.101. The maximum absolute atomic E-state index is 12.3. The van der Waals surface area contributed by atoms with Gasteiger partial charge in [0, 0.05) is 0 Å². The molecule has 0 N–H and O–H groups in total. The van der Waals surface area contributed by atoms with Gasteiger partial charge < -0.3 is 9.47 Å². The normalized spacial score (nSPS) is 13.1. The number of rotatable bonds is 7. The van der Waals surface area contributed by atoms with Gasteiger partial charge in [0.25, 0.3) is 11.8 Å². The number of hydroxylamine groups is 2. The van der Waals surface area contributed by atoms with Crippen LogP contribution in [0.3, 0.4) is 0 Å². The first kappa shape index (κ1) is 17.0. The lowest BCUT2D eigenvalue weighted by Gasteiger charge is -2.15. The molecule has 0 saturated carbocycles. The number of hydrogen-bond acceptors (Lipinski definition) is 5. The Labute approximate surface area is 145 Å². The second-order valence-electron chi connectivity index (χ2n) is 5.56. The monoisotopic (exact) mass is 341 g/mol. The highest BCUT2D eigenvalue weighted by molar-refractivity contribution is 6.20. The van der Waals surface area contributed by atoms with Gasteiger partial charge in [0.15, 0.2) is 11.5 Å². The minimum absolute atomic E-state index is 0.0654. The Hall–Kier alpha value is -2.86. The van der Waals surface area contributed by atoms with Crippen LogP contribution in [-0.4, -0.2) is 30.6 Å². The third-order valence-electron chi connectivity index (χ3n) is 3.81. The minimum Gasteiger partial charge on any atom is -0.493 e. The number of ether oxygens (including phenoxy) is 2. The average Bonchev–Trinajstić information content (AvgIpc) is 2.89. The Balaban J connectivity index is 1.70. The molecule has 2 amide bonds. The molecule has 0 fully saturated rings. The molecule has 2 aromatic carbocycles. The van der Waals surface area contributed by atoms with Crippen LogP contribution in [0.1, 0.15) is 39.6 Å². The lowest BCUT2D eigenvalue weighted by Crippen LogP contribution is -2.29. The molecule has 0 aliphatic carbocycles. The molecule has 0 unspecified atom stereocenters. The van der Waals surface area contributed by atoms with Gasteiger partial charge in [0.2, 0.25) is 0 Å². The van der Waals surface area contributed by atoms with Crippen LogP contribution in [-0.2, 0) is 11.4 Å². The fourth-order valence-corrected chi connectivity index (χ4v) is 2.56. The second kappa shape index (κ2) is 7.36. The SMILES string of the molecule is CCCOc1ccc(CON2C(=O)c3ccccc3C2=O)cc1OC. The molecule has 0 aromatic heterocycles. The Morgan fingerprint density at radius 3 is 2.24 bits per heavy atom. The Morgan fingerprint density at radius 1 is 0.960 bits per heavy atom. The summed E-state index contributed by atoms with van der Waals surface area (Å²) in [6.45, 7) is 2.69.